The minimum Gasteiger partial charge on any atom is -0.444 e. The van der Waals surface area contributed by atoms with Crippen molar-refractivity contribution >= 4 is 6.09 Å². The standard InChI is InChI=1S/C16H33NO6/c1-5-7-19-9-11-21-13-14-22-12-10-20-8-6-17-15(18)23-16(2,3)4/h5-14H2,1-4H3,(H,17,18). The first-order chi connectivity index (χ1) is 11.0. The Bertz CT molecular complexity index is 280. The van der Waals surface area contributed by atoms with Gasteiger partial charge in [-0.1, -0.05) is 6.92 Å². The molecule has 0 unspecified atom stereocenters. The monoisotopic (exact) mass is 335 g/mol. The highest BCUT2D eigenvalue weighted by molar-refractivity contribution is 5.67. The molecule has 0 aliphatic carbocycles. The second-order valence-corrected chi connectivity index (χ2v) is 5.88. The molecular formula is C16H33NO6. The molecule has 7 heteroatoms. The second-order valence-electron chi connectivity index (χ2n) is 5.88. The molecule has 23 heavy (non-hydrogen) atoms. The van der Waals surface area contributed by atoms with Crippen molar-refractivity contribution in [2.75, 3.05) is 59.4 Å². The molecule has 1 N–H and O–H groups in total. The molecule has 138 valence electrons. The molecule has 0 bridgehead atoms. The predicted molar refractivity (Wildman–Crippen MR) is 87.8 cm³/mol. The molecule has 0 fully saturated rings. The third-order valence-electron chi connectivity index (χ3n) is 2.38. The number of alkyl carbamates (subject to hydrolysis) is 1. The Morgan fingerprint density at radius 3 is 1.65 bits per heavy atom. The third-order valence-corrected chi connectivity index (χ3v) is 2.38. The summed E-state index contributed by atoms with van der Waals surface area (Å²) in [5, 5.41) is 2.62. The van der Waals surface area contributed by atoms with E-state index in [1.165, 1.54) is 0 Å². The van der Waals surface area contributed by atoms with Gasteiger partial charge in [0, 0.05) is 13.2 Å². The quantitative estimate of drug-likeness (QED) is 0.489. The predicted octanol–water partition coefficient (Wildman–Crippen LogP) is 1.99. The maximum absolute atomic E-state index is 11.3. The van der Waals surface area contributed by atoms with Gasteiger partial charge in [0.15, 0.2) is 0 Å². The van der Waals surface area contributed by atoms with Gasteiger partial charge in [-0.2, -0.15) is 0 Å². The SMILES string of the molecule is CCCOCCOCCOCCOCCNC(=O)OC(C)(C)C. The molecule has 0 aromatic rings. The zero-order chi connectivity index (χ0) is 17.4. The normalized spacial score (nSPS) is 11.5. The van der Waals surface area contributed by atoms with Crippen LogP contribution in [-0.4, -0.2) is 71.1 Å². The van der Waals surface area contributed by atoms with Gasteiger partial charge in [0.25, 0.3) is 0 Å². The van der Waals surface area contributed by atoms with Crippen LogP contribution >= 0.6 is 0 Å². The number of hydrogen-bond donors (Lipinski definition) is 1. The molecule has 0 atom stereocenters. The van der Waals surface area contributed by atoms with E-state index in [0.29, 0.717) is 52.8 Å². The number of carbonyl (C=O) groups excluding carboxylic acids is 1. The van der Waals surface area contributed by atoms with Crippen LogP contribution in [-0.2, 0) is 23.7 Å². The molecule has 0 rings (SSSR count). The van der Waals surface area contributed by atoms with Crippen molar-refractivity contribution in [3.05, 3.63) is 0 Å². The van der Waals surface area contributed by atoms with Gasteiger partial charge in [-0.25, -0.2) is 4.79 Å². The summed E-state index contributed by atoms with van der Waals surface area (Å²) in [7, 11) is 0. The zero-order valence-electron chi connectivity index (χ0n) is 15.0. The lowest BCUT2D eigenvalue weighted by molar-refractivity contribution is -0.00172. The molecule has 1 amide bonds. The maximum atomic E-state index is 11.3. The van der Waals surface area contributed by atoms with E-state index in [0.717, 1.165) is 13.0 Å². The Labute approximate surface area is 139 Å². The van der Waals surface area contributed by atoms with Crippen LogP contribution in [0, 0.1) is 0 Å². The highest BCUT2D eigenvalue weighted by Gasteiger charge is 2.15. The van der Waals surface area contributed by atoms with E-state index in [4.69, 9.17) is 23.7 Å². The Balaban J connectivity index is 3.15. The average molecular weight is 335 g/mol. The van der Waals surface area contributed by atoms with E-state index >= 15 is 0 Å². The van der Waals surface area contributed by atoms with E-state index in [1.54, 1.807) is 0 Å². The van der Waals surface area contributed by atoms with Crippen LogP contribution in [0.4, 0.5) is 4.79 Å². The summed E-state index contributed by atoms with van der Waals surface area (Å²) in [6, 6.07) is 0. The summed E-state index contributed by atoms with van der Waals surface area (Å²) in [4.78, 5) is 11.3. The highest BCUT2D eigenvalue weighted by Crippen LogP contribution is 2.05. The summed E-state index contributed by atoms with van der Waals surface area (Å²) in [5.41, 5.74) is -0.483. The van der Waals surface area contributed by atoms with E-state index in [-0.39, 0.29) is 0 Å². The minimum absolute atomic E-state index is 0.412. The van der Waals surface area contributed by atoms with Gasteiger partial charge in [0.1, 0.15) is 5.60 Å². The van der Waals surface area contributed by atoms with Crippen LogP contribution in [0.25, 0.3) is 0 Å². The lowest BCUT2D eigenvalue weighted by Gasteiger charge is -2.19. The van der Waals surface area contributed by atoms with Gasteiger partial charge in [-0.05, 0) is 27.2 Å². The van der Waals surface area contributed by atoms with Gasteiger partial charge in [0.05, 0.1) is 46.2 Å². The van der Waals surface area contributed by atoms with Crippen molar-refractivity contribution in [2.45, 2.75) is 39.7 Å². The van der Waals surface area contributed by atoms with E-state index in [9.17, 15) is 4.79 Å². The van der Waals surface area contributed by atoms with Crippen LogP contribution < -0.4 is 5.32 Å². The molecule has 0 spiro atoms. The number of amides is 1. The first-order valence-electron chi connectivity index (χ1n) is 8.23. The number of ether oxygens (including phenoxy) is 5. The molecule has 7 nitrogen and oxygen atoms in total. The van der Waals surface area contributed by atoms with Crippen molar-refractivity contribution in [1.82, 2.24) is 5.32 Å². The van der Waals surface area contributed by atoms with E-state index in [2.05, 4.69) is 12.2 Å². The van der Waals surface area contributed by atoms with Crippen molar-refractivity contribution in [2.24, 2.45) is 0 Å². The van der Waals surface area contributed by atoms with Gasteiger partial charge in [-0.3, -0.25) is 0 Å². The fourth-order valence-corrected chi connectivity index (χ4v) is 1.45. The van der Waals surface area contributed by atoms with Crippen LogP contribution in [0.5, 0.6) is 0 Å². The van der Waals surface area contributed by atoms with Crippen LogP contribution in [0.2, 0.25) is 0 Å². The molecule has 0 saturated heterocycles. The Hall–Kier alpha value is -0.890. The maximum Gasteiger partial charge on any atom is 0.407 e. The van der Waals surface area contributed by atoms with Gasteiger partial charge >= 0.3 is 6.09 Å². The first-order valence-corrected chi connectivity index (χ1v) is 8.23. The van der Waals surface area contributed by atoms with Crippen LogP contribution in [0.3, 0.4) is 0 Å². The first kappa shape index (κ1) is 22.1. The van der Waals surface area contributed by atoms with Crippen molar-refractivity contribution in [3.8, 4) is 0 Å². The van der Waals surface area contributed by atoms with Gasteiger partial charge < -0.3 is 29.0 Å². The number of rotatable bonds is 14. The molecule has 0 radical (unpaired) electrons. The summed E-state index contributed by atoms with van der Waals surface area (Å²) >= 11 is 0. The fraction of sp³-hybridized carbons (Fsp3) is 0.938. The van der Waals surface area contributed by atoms with Gasteiger partial charge in [0.2, 0.25) is 0 Å². The summed E-state index contributed by atoms with van der Waals surface area (Å²) in [5.74, 6) is 0. The third kappa shape index (κ3) is 19.1. The van der Waals surface area contributed by atoms with E-state index < -0.39 is 11.7 Å². The smallest absolute Gasteiger partial charge is 0.407 e. The number of hydrogen-bond acceptors (Lipinski definition) is 6. The highest BCUT2D eigenvalue weighted by atomic mass is 16.6. The lowest BCUT2D eigenvalue weighted by atomic mass is 10.2. The topological polar surface area (TPSA) is 75.3 Å². The minimum atomic E-state index is -0.483. The van der Waals surface area contributed by atoms with Crippen molar-refractivity contribution < 1.29 is 28.5 Å². The molecular weight excluding hydrogens is 302 g/mol. The molecule has 0 aliphatic rings. The lowest BCUT2D eigenvalue weighted by Crippen LogP contribution is -2.34. The largest absolute Gasteiger partial charge is 0.444 e. The van der Waals surface area contributed by atoms with Crippen LogP contribution in [0.1, 0.15) is 34.1 Å². The number of nitrogens with one attached hydrogen (secondary N) is 1. The summed E-state index contributed by atoms with van der Waals surface area (Å²) in [6.07, 6.45) is 0.591. The van der Waals surface area contributed by atoms with E-state index in [1.807, 2.05) is 20.8 Å². The molecule has 0 saturated carbocycles. The second kappa shape index (κ2) is 14.7. The van der Waals surface area contributed by atoms with Gasteiger partial charge in [-0.15, -0.1) is 0 Å². The van der Waals surface area contributed by atoms with Crippen molar-refractivity contribution in [1.29, 1.82) is 0 Å². The Kier molecular flexibility index (Phi) is 14.1. The number of carbonyl (C=O) groups is 1. The molecule has 0 aromatic heterocycles. The zero-order valence-corrected chi connectivity index (χ0v) is 15.0. The molecule has 0 heterocycles. The molecule has 0 aliphatic heterocycles. The molecule has 0 aromatic carbocycles. The average Bonchev–Trinajstić information content (AvgIpc) is 2.46. The fourth-order valence-electron chi connectivity index (χ4n) is 1.45. The van der Waals surface area contributed by atoms with Crippen LogP contribution in [0.15, 0.2) is 0 Å². The Morgan fingerprint density at radius 1 is 0.783 bits per heavy atom. The Morgan fingerprint density at radius 2 is 1.22 bits per heavy atom. The summed E-state index contributed by atoms with van der Waals surface area (Å²) in [6.45, 7) is 12.4. The summed E-state index contributed by atoms with van der Waals surface area (Å²) < 4.78 is 26.4. The van der Waals surface area contributed by atoms with Crippen molar-refractivity contribution in [3.63, 3.8) is 0 Å².